The molecule has 1 aliphatic rings. The van der Waals surface area contributed by atoms with Crippen molar-refractivity contribution >= 4 is 29.1 Å². The van der Waals surface area contributed by atoms with Crippen LogP contribution in [0.15, 0.2) is 90.7 Å². The van der Waals surface area contributed by atoms with Crippen LogP contribution in [0.1, 0.15) is 27.9 Å². The van der Waals surface area contributed by atoms with E-state index in [1.165, 1.54) is 0 Å². The van der Waals surface area contributed by atoms with Gasteiger partial charge in [0, 0.05) is 29.7 Å². The lowest BCUT2D eigenvalue weighted by molar-refractivity contribution is -0.116. The number of nitrogens with zero attached hydrogens (tertiary/aromatic N) is 1. The topological polar surface area (TPSA) is 71.1 Å². The third-order valence-corrected chi connectivity index (χ3v) is 5.86. The number of para-hydroxylation sites is 1. The van der Waals surface area contributed by atoms with Crippen LogP contribution in [0.2, 0.25) is 0 Å². The second kappa shape index (κ2) is 8.32. The molecule has 0 saturated carbocycles. The number of carbonyl (C=O) groups is 2. The smallest absolute Gasteiger partial charge is 0.228 e. The Morgan fingerprint density at radius 2 is 1.69 bits per heavy atom. The van der Waals surface area contributed by atoms with Crippen molar-refractivity contribution in [2.75, 3.05) is 5.32 Å². The van der Waals surface area contributed by atoms with Crippen molar-refractivity contribution in [3.05, 3.63) is 107 Å². The Morgan fingerprint density at radius 3 is 2.41 bits per heavy atom. The van der Waals surface area contributed by atoms with Crippen LogP contribution >= 0.6 is 11.8 Å². The summed E-state index contributed by atoms with van der Waals surface area (Å²) in [6, 6.07) is 19.9. The molecule has 0 saturated heterocycles. The number of amides is 1. The Hall–Kier alpha value is -3.38. The number of hydrogen-bond donors (Lipinski definition) is 2. The summed E-state index contributed by atoms with van der Waals surface area (Å²) >= 11 is 1.54. The number of anilines is 1. The monoisotopic (exact) mass is 401 g/mol. The zero-order valence-corrected chi connectivity index (χ0v) is 16.4. The van der Waals surface area contributed by atoms with E-state index in [1.807, 2.05) is 41.9 Å². The van der Waals surface area contributed by atoms with Crippen LogP contribution < -0.4 is 10.6 Å². The number of thioether (sulfide) groups is 1. The fourth-order valence-electron chi connectivity index (χ4n) is 3.28. The summed E-state index contributed by atoms with van der Waals surface area (Å²) in [5.74, 6) is -0.306. The molecular weight excluding hydrogens is 382 g/mol. The van der Waals surface area contributed by atoms with E-state index < -0.39 is 4.87 Å². The summed E-state index contributed by atoms with van der Waals surface area (Å²) in [5, 5.41) is 8.15. The first-order valence-electron chi connectivity index (χ1n) is 9.18. The van der Waals surface area contributed by atoms with Gasteiger partial charge in [-0.15, -0.1) is 0 Å². The van der Waals surface area contributed by atoms with E-state index in [1.54, 1.807) is 60.6 Å². The second-order valence-electron chi connectivity index (χ2n) is 6.59. The normalized spacial score (nSPS) is 17.5. The largest absolute Gasteiger partial charge is 0.372 e. The first-order valence-corrected chi connectivity index (χ1v) is 10.1. The maximum Gasteiger partial charge on any atom is 0.228 e. The van der Waals surface area contributed by atoms with Gasteiger partial charge in [0.05, 0.1) is 12.1 Å². The number of nitrogens with one attached hydrogen (secondary N) is 2. The minimum absolute atomic E-state index is 0.125. The SMILES string of the molecule is O=C(CC1(c2ccncc2)NC=CS1)Nc1ccccc1C(=O)c1ccccc1. The summed E-state index contributed by atoms with van der Waals surface area (Å²) < 4.78 is 0. The molecule has 1 aliphatic heterocycles. The minimum atomic E-state index is -0.592. The standard InChI is InChI=1S/C23H19N3O2S/c27-21(16-23(25-14-15-29-23)18-10-12-24-13-11-18)26-20-9-5-4-8-19(20)22(28)17-6-2-1-3-7-17/h1-15,25H,16H2,(H,26,27). The van der Waals surface area contributed by atoms with Crippen molar-refractivity contribution < 1.29 is 9.59 Å². The lowest BCUT2D eigenvalue weighted by Crippen LogP contribution is -2.37. The first kappa shape index (κ1) is 19.0. The molecule has 5 nitrogen and oxygen atoms in total. The molecule has 0 spiro atoms. The first-order chi connectivity index (χ1) is 14.2. The number of aromatic nitrogens is 1. The van der Waals surface area contributed by atoms with Crippen molar-refractivity contribution in [3.63, 3.8) is 0 Å². The van der Waals surface area contributed by atoms with Gasteiger partial charge in [-0.25, -0.2) is 0 Å². The Kier molecular flexibility index (Phi) is 5.44. The molecule has 0 aliphatic carbocycles. The molecule has 3 aromatic rings. The summed E-state index contributed by atoms with van der Waals surface area (Å²) in [4.78, 5) is 29.3. The molecule has 6 heteroatoms. The average Bonchev–Trinajstić information content (AvgIpc) is 3.24. The fraction of sp³-hybridized carbons (Fsp3) is 0.0870. The Bertz CT molecular complexity index is 1040. The van der Waals surface area contributed by atoms with Gasteiger partial charge in [-0.05, 0) is 35.2 Å². The quantitative estimate of drug-likeness (QED) is 0.603. The van der Waals surface area contributed by atoms with Gasteiger partial charge in [-0.1, -0.05) is 54.2 Å². The molecular formula is C23H19N3O2S. The highest BCUT2D eigenvalue weighted by Gasteiger charge is 2.36. The maximum atomic E-state index is 12.9. The van der Waals surface area contributed by atoms with Crippen LogP contribution in [-0.2, 0) is 9.67 Å². The number of benzene rings is 2. The Morgan fingerprint density at radius 1 is 0.966 bits per heavy atom. The van der Waals surface area contributed by atoms with Gasteiger partial charge in [-0.3, -0.25) is 14.6 Å². The van der Waals surface area contributed by atoms with Crippen molar-refractivity contribution in [3.8, 4) is 0 Å². The molecule has 1 unspecified atom stereocenters. The molecule has 1 aromatic heterocycles. The highest BCUT2D eigenvalue weighted by molar-refractivity contribution is 8.03. The molecule has 4 rings (SSSR count). The van der Waals surface area contributed by atoms with Gasteiger partial charge >= 0.3 is 0 Å². The third kappa shape index (κ3) is 4.07. The maximum absolute atomic E-state index is 12.9. The van der Waals surface area contributed by atoms with Gasteiger partial charge in [-0.2, -0.15) is 0 Å². The van der Waals surface area contributed by atoms with E-state index in [4.69, 9.17) is 0 Å². The highest BCUT2D eigenvalue weighted by atomic mass is 32.2. The van der Waals surface area contributed by atoms with Crippen molar-refractivity contribution in [1.82, 2.24) is 10.3 Å². The molecule has 2 N–H and O–H groups in total. The van der Waals surface area contributed by atoms with E-state index in [2.05, 4.69) is 15.6 Å². The molecule has 0 radical (unpaired) electrons. The average molecular weight is 401 g/mol. The minimum Gasteiger partial charge on any atom is -0.372 e. The third-order valence-electron chi connectivity index (χ3n) is 4.69. The molecule has 144 valence electrons. The van der Waals surface area contributed by atoms with E-state index in [9.17, 15) is 9.59 Å². The number of hydrogen-bond acceptors (Lipinski definition) is 5. The van der Waals surface area contributed by atoms with Crippen LogP contribution in [0, 0.1) is 0 Å². The van der Waals surface area contributed by atoms with Crippen LogP contribution in [0.3, 0.4) is 0 Å². The molecule has 0 bridgehead atoms. The number of rotatable bonds is 6. The van der Waals surface area contributed by atoms with Gasteiger partial charge in [0.2, 0.25) is 5.91 Å². The zero-order chi connectivity index (χ0) is 20.1. The van der Waals surface area contributed by atoms with Crippen LogP contribution in [-0.4, -0.2) is 16.7 Å². The number of ketones is 1. The predicted octanol–water partition coefficient (Wildman–Crippen LogP) is 4.30. The highest BCUT2D eigenvalue weighted by Crippen LogP contribution is 2.41. The van der Waals surface area contributed by atoms with Crippen molar-refractivity contribution in [2.45, 2.75) is 11.3 Å². The van der Waals surface area contributed by atoms with E-state index in [0.29, 0.717) is 16.8 Å². The van der Waals surface area contributed by atoms with Crippen LogP contribution in [0.5, 0.6) is 0 Å². The fourth-order valence-corrected chi connectivity index (χ4v) is 4.27. The Balaban J connectivity index is 1.56. The summed E-state index contributed by atoms with van der Waals surface area (Å²) in [7, 11) is 0. The van der Waals surface area contributed by atoms with Gasteiger partial charge in [0.25, 0.3) is 0 Å². The molecule has 2 aromatic carbocycles. The molecule has 1 atom stereocenters. The van der Waals surface area contributed by atoms with E-state index in [0.717, 1.165) is 5.56 Å². The Labute approximate surface area is 173 Å². The molecule has 0 fully saturated rings. The summed E-state index contributed by atoms with van der Waals surface area (Å²) in [6.45, 7) is 0. The lowest BCUT2D eigenvalue weighted by Gasteiger charge is -2.29. The predicted molar refractivity (Wildman–Crippen MR) is 115 cm³/mol. The number of pyridine rings is 1. The molecule has 1 amide bonds. The van der Waals surface area contributed by atoms with E-state index in [-0.39, 0.29) is 18.1 Å². The van der Waals surface area contributed by atoms with Gasteiger partial charge in [0.1, 0.15) is 4.87 Å². The number of carbonyl (C=O) groups excluding carboxylic acids is 2. The van der Waals surface area contributed by atoms with Crippen molar-refractivity contribution in [1.29, 1.82) is 0 Å². The van der Waals surface area contributed by atoms with Crippen molar-refractivity contribution in [2.24, 2.45) is 0 Å². The van der Waals surface area contributed by atoms with Gasteiger partial charge in [0.15, 0.2) is 5.78 Å². The second-order valence-corrected chi connectivity index (χ2v) is 7.80. The van der Waals surface area contributed by atoms with Crippen LogP contribution in [0.4, 0.5) is 5.69 Å². The van der Waals surface area contributed by atoms with E-state index >= 15 is 0 Å². The van der Waals surface area contributed by atoms with Gasteiger partial charge < -0.3 is 10.6 Å². The zero-order valence-electron chi connectivity index (χ0n) is 15.5. The summed E-state index contributed by atoms with van der Waals surface area (Å²) in [6.07, 6.45) is 5.46. The lowest BCUT2D eigenvalue weighted by atomic mass is 10.0. The van der Waals surface area contributed by atoms with Crippen LogP contribution in [0.25, 0.3) is 0 Å². The summed E-state index contributed by atoms with van der Waals surface area (Å²) in [5.41, 5.74) is 2.52. The molecule has 2 heterocycles. The molecule has 29 heavy (non-hydrogen) atoms.